The molecule has 3 rings (SSSR count). The van der Waals surface area contributed by atoms with Gasteiger partial charge in [0.2, 0.25) is 0 Å². The predicted molar refractivity (Wildman–Crippen MR) is 83.9 cm³/mol. The van der Waals surface area contributed by atoms with E-state index in [2.05, 4.69) is 12.2 Å². The number of ether oxygens (including phenoxy) is 1. The summed E-state index contributed by atoms with van der Waals surface area (Å²) in [5.74, 6) is 1.97. The number of hydrogen-bond acceptors (Lipinski definition) is 2. The minimum absolute atomic E-state index is 0.182. The maximum absolute atomic E-state index is 6.46. The van der Waals surface area contributed by atoms with E-state index in [9.17, 15) is 0 Å². The van der Waals surface area contributed by atoms with Gasteiger partial charge in [0, 0.05) is 19.2 Å². The molecule has 0 amide bonds. The van der Waals surface area contributed by atoms with E-state index in [0.717, 1.165) is 31.0 Å². The zero-order valence-electron chi connectivity index (χ0n) is 13.3. The van der Waals surface area contributed by atoms with Gasteiger partial charge in [0.15, 0.2) is 0 Å². The van der Waals surface area contributed by atoms with Gasteiger partial charge in [-0.05, 0) is 56.8 Å². The third-order valence-corrected chi connectivity index (χ3v) is 5.63. The fraction of sp³-hybridized carbons (Fsp3) is 1.00. The predicted octanol–water partition coefficient (Wildman–Crippen LogP) is 4.28. The van der Waals surface area contributed by atoms with Crippen LogP contribution in [0.1, 0.15) is 77.6 Å². The molecule has 3 fully saturated rings. The zero-order chi connectivity index (χ0) is 13.8. The van der Waals surface area contributed by atoms with Crippen LogP contribution in [-0.4, -0.2) is 24.8 Å². The molecule has 20 heavy (non-hydrogen) atoms. The molecule has 3 aliphatic rings. The second-order valence-corrected chi connectivity index (χ2v) is 7.65. The lowest BCUT2D eigenvalue weighted by atomic mass is 9.77. The van der Waals surface area contributed by atoms with Crippen molar-refractivity contribution < 1.29 is 4.74 Å². The molecule has 1 N–H and O–H groups in total. The number of hydrogen-bond donors (Lipinski definition) is 1. The van der Waals surface area contributed by atoms with Gasteiger partial charge in [0.1, 0.15) is 0 Å². The van der Waals surface area contributed by atoms with Gasteiger partial charge in [-0.3, -0.25) is 0 Å². The Balaban J connectivity index is 1.46. The lowest BCUT2D eigenvalue weighted by molar-refractivity contribution is -0.0789. The summed E-state index contributed by atoms with van der Waals surface area (Å²) in [5, 5.41) is 3.74. The largest absolute Gasteiger partial charge is 0.374 e. The fourth-order valence-electron chi connectivity index (χ4n) is 3.74. The van der Waals surface area contributed by atoms with Gasteiger partial charge in [-0.1, -0.05) is 32.6 Å². The molecule has 0 aromatic heterocycles. The maximum Gasteiger partial charge on any atom is 0.0806 e. The molecule has 0 aromatic carbocycles. The number of rotatable bonds is 9. The van der Waals surface area contributed by atoms with Gasteiger partial charge in [0.25, 0.3) is 0 Å². The first-order valence-electron chi connectivity index (χ1n) is 9.17. The second kappa shape index (κ2) is 6.79. The van der Waals surface area contributed by atoms with Crippen LogP contribution in [0, 0.1) is 11.8 Å². The molecular formula is C18H33NO. The molecule has 0 aliphatic heterocycles. The summed E-state index contributed by atoms with van der Waals surface area (Å²) in [6, 6.07) is 0.812. The van der Waals surface area contributed by atoms with Gasteiger partial charge in [-0.25, -0.2) is 0 Å². The molecule has 0 heterocycles. The van der Waals surface area contributed by atoms with E-state index in [-0.39, 0.29) is 5.60 Å². The normalized spacial score (nSPS) is 34.4. The highest BCUT2D eigenvalue weighted by Gasteiger charge is 2.37. The molecule has 2 nitrogen and oxygen atoms in total. The summed E-state index contributed by atoms with van der Waals surface area (Å²) < 4.78 is 6.46. The SMILES string of the molecule is CCCC1CCC(CNC2CC2)(OCCC2CC2)CC1. The van der Waals surface area contributed by atoms with Crippen LogP contribution in [0.25, 0.3) is 0 Å². The smallest absolute Gasteiger partial charge is 0.0806 e. The topological polar surface area (TPSA) is 21.3 Å². The summed E-state index contributed by atoms with van der Waals surface area (Å²) in [7, 11) is 0. The van der Waals surface area contributed by atoms with Crippen molar-refractivity contribution in [2.24, 2.45) is 11.8 Å². The third-order valence-electron chi connectivity index (χ3n) is 5.63. The summed E-state index contributed by atoms with van der Waals surface area (Å²) in [6.45, 7) is 4.44. The van der Waals surface area contributed by atoms with Crippen molar-refractivity contribution in [1.29, 1.82) is 0 Å². The molecule has 0 saturated heterocycles. The van der Waals surface area contributed by atoms with E-state index in [1.54, 1.807) is 0 Å². The highest BCUT2D eigenvalue weighted by atomic mass is 16.5. The quantitative estimate of drug-likeness (QED) is 0.680. The van der Waals surface area contributed by atoms with Gasteiger partial charge >= 0.3 is 0 Å². The first-order valence-corrected chi connectivity index (χ1v) is 9.17. The Morgan fingerprint density at radius 1 is 0.950 bits per heavy atom. The van der Waals surface area contributed by atoms with E-state index in [0.29, 0.717) is 0 Å². The maximum atomic E-state index is 6.46. The average molecular weight is 279 g/mol. The van der Waals surface area contributed by atoms with Gasteiger partial charge in [-0.15, -0.1) is 0 Å². The van der Waals surface area contributed by atoms with Crippen LogP contribution in [0.4, 0.5) is 0 Å². The molecule has 0 unspecified atom stereocenters. The minimum atomic E-state index is 0.182. The van der Waals surface area contributed by atoms with Crippen molar-refractivity contribution in [3.63, 3.8) is 0 Å². The van der Waals surface area contributed by atoms with E-state index in [1.807, 2.05) is 0 Å². The van der Waals surface area contributed by atoms with Gasteiger partial charge in [-0.2, -0.15) is 0 Å². The van der Waals surface area contributed by atoms with Crippen molar-refractivity contribution in [1.82, 2.24) is 5.32 Å². The van der Waals surface area contributed by atoms with Crippen LogP contribution >= 0.6 is 0 Å². The molecule has 0 atom stereocenters. The molecule has 0 aromatic rings. The Morgan fingerprint density at radius 3 is 2.25 bits per heavy atom. The van der Waals surface area contributed by atoms with E-state index < -0.39 is 0 Å². The summed E-state index contributed by atoms with van der Waals surface area (Å²) in [6.07, 6.45) is 15.1. The second-order valence-electron chi connectivity index (χ2n) is 7.65. The van der Waals surface area contributed by atoms with Crippen molar-refractivity contribution in [3.05, 3.63) is 0 Å². The molecule has 3 saturated carbocycles. The molecule has 0 radical (unpaired) electrons. The summed E-state index contributed by atoms with van der Waals surface area (Å²) in [5.41, 5.74) is 0.182. The Bertz CT molecular complexity index is 288. The Kier molecular flexibility index (Phi) is 5.04. The van der Waals surface area contributed by atoms with Crippen molar-refractivity contribution in [3.8, 4) is 0 Å². The fourth-order valence-corrected chi connectivity index (χ4v) is 3.74. The molecule has 116 valence electrons. The third kappa shape index (κ3) is 4.46. The zero-order valence-corrected chi connectivity index (χ0v) is 13.3. The molecule has 0 spiro atoms. The van der Waals surface area contributed by atoms with Crippen LogP contribution in [0.3, 0.4) is 0 Å². The van der Waals surface area contributed by atoms with Crippen molar-refractivity contribution in [2.45, 2.75) is 89.2 Å². The molecule has 2 heteroatoms. The first-order chi connectivity index (χ1) is 9.80. The lowest BCUT2D eigenvalue weighted by Gasteiger charge is -2.40. The summed E-state index contributed by atoms with van der Waals surface area (Å²) in [4.78, 5) is 0. The Morgan fingerprint density at radius 2 is 1.65 bits per heavy atom. The van der Waals surface area contributed by atoms with Crippen LogP contribution in [0.5, 0.6) is 0 Å². The van der Waals surface area contributed by atoms with E-state index >= 15 is 0 Å². The van der Waals surface area contributed by atoms with Gasteiger partial charge in [0.05, 0.1) is 5.60 Å². The highest BCUT2D eigenvalue weighted by Crippen LogP contribution is 2.38. The average Bonchev–Trinajstić information content (AvgIpc) is 3.34. The van der Waals surface area contributed by atoms with Crippen molar-refractivity contribution >= 4 is 0 Å². The minimum Gasteiger partial charge on any atom is -0.374 e. The van der Waals surface area contributed by atoms with E-state index in [4.69, 9.17) is 4.74 Å². The van der Waals surface area contributed by atoms with E-state index in [1.165, 1.54) is 70.6 Å². The monoisotopic (exact) mass is 279 g/mol. The highest BCUT2D eigenvalue weighted by molar-refractivity contribution is 4.92. The molecule has 0 bridgehead atoms. The van der Waals surface area contributed by atoms with Crippen LogP contribution < -0.4 is 5.32 Å². The lowest BCUT2D eigenvalue weighted by Crippen LogP contribution is -2.46. The van der Waals surface area contributed by atoms with Crippen LogP contribution in [-0.2, 0) is 4.74 Å². The number of nitrogens with one attached hydrogen (secondary N) is 1. The van der Waals surface area contributed by atoms with Crippen LogP contribution in [0.15, 0.2) is 0 Å². The van der Waals surface area contributed by atoms with Crippen LogP contribution in [0.2, 0.25) is 0 Å². The first kappa shape index (κ1) is 14.8. The Hall–Kier alpha value is -0.0800. The Labute approximate surface area is 125 Å². The van der Waals surface area contributed by atoms with Crippen molar-refractivity contribution in [2.75, 3.05) is 13.2 Å². The standard InChI is InChI=1S/C18H33NO/c1-2-3-15-8-11-18(12-9-15,14-19-17-6-7-17)20-13-10-16-4-5-16/h15-17,19H,2-14H2,1H3. The molecular weight excluding hydrogens is 246 g/mol. The van der Waals surface area contributed by atoms with Gasteiger partial charge < -0.3 is 10.1 Å². The molecule has 3 aliphatic carbocycles. The summed E-state index contributed by atoms with van der Waals surface area (Å²) >= 11 is 0.